The van der Waals surface area contributed by atoms with Crippen molar-refractivity contribution in [2.75, 3.05) is 5.32 Å². The van der Waals surface area contributed by atoms with Gasteiger partial charge in [0.15, 0.2) is 0 Å². The summed E-state index contributed by atoms with van der Waals surface area (Å²) in [6, 6.07) is 14.7. The Morgan fingerprint density at radius 1 is 1.05 bits per heavy atom. The van der Waals surface area contributed by atoms with Crippen LogP contribution in [0.25, 0.3) is 0 Å². The molecule has 0 radical (unpaired) electrons. The second kappa shape index (κ2) is 5.55. The van der Waals surface area contributed by atoms with Crippen molar-refractivity contribution >= 4 is 28.9 Å². The molecule has 1 N–H and O–H groups in total. The lowest BCUT2D eigenvalue weighted by molar-refractivity contribution is 0.406. The molecule has 1 unspecified atom stereocenters. The van der Waals surface area contributed by atoms with Crippen molar-refractivity contribution in [3.05, 3.63) is 63.6 Å². The SMILES string of the molecule is CC1(C)CCC(Nc2cccc(Cl)c2Cl)c2ccccc21. The minimum atomic E-state index is 0.229. The van der Waals surface area contributed by atoms with E-state index in [0.29, 0.717) is 10.0 Å². The molecule has 0 saturated heterocycles. The number of fused-ring (bicyclic) bond motifs is 1. The zero-order valence-corrected chi connectivity index (χ0v) is 13.8. The lowest BCUT2D eigenvalue weighted by atomic mass is 9.71. The van der Waals surface area contributed by atoms with Crippen molar-refractivity contribution in [1.29, 1.82) is 0 Å². The fourth-order valence-corrected chi connectivity index (χ4v) is 3.52. The second-order valence-electron chi connectivity index (χ2n) is 6.31. The highest BCUT2D eigenvalue weighted by atomic mass is 35.5. The quantitative estimate of drug-likeness (QED) is 0.693. The smallest absolute Gasteiger partial charge is 0.0823 e. The molecule has 2 aromatic rings. The third-order valence-corrected chi connectivity index (χ3v) is 5.22. The minimum Gasteiger partial charge on any atom is -0.377 e. The Morgan fingerprint density at radius 2 is 1.81 bits per heavy atom. The Balaban J connectivity index is 1.96. The molecule has 0 bridgehead atoms. The van der Waals surface area contributed by atoms with Crippen molar-refractivity contribution in [1.82, 2.24) is 0 Å². The van der Waals surface area contributed by atoms with E-state index in [-0.39, 0.29) is 11.5 Å². The van der Waals surface area contributed by atoms with Crippen molar-refractivity contribution in [2.24, 2.45) is 0 Å². The molecular formula is C18H19Cl2N. The van der Waals surface area contributed by atoms with Crippen LogP contribution in [0.3, 0.4) is 0 Å². The summed E-state index contributed by atoms with van der Waals surface area (Å²) in [5.41, 5.74) is 3.92. The third kappa shape index (κ3) is 2.77. The van der Waals surface area contributed by atoms with Gasteiger partial charge in [-0.2, -0.15) is 0 Å². The van der Waals surface area contributed by atoms with Crippen LogP contribution >= 0.6 is 23.2 Å². The third-order valence-electron chi connectivity index (χ3n) is 4.40. The summed E-state index contributed by atoms with van der Waals surface area (Å²) in [6.07, 6.45) is 2.24. The number of hydrogen-bond acceptors (Lipinski definition) is 1. The Morgan fingerprint density at radius 3 is 2.62 bits per heavy atom. The van der Waals surface area contributed by atoms with Gasteiger partial charge in [-0.3, -0.25) is 0 Å². The van der Waals surface area contributed by atoms with Crippen LogP contribution < -0.4 is 5.32 Å². The fraction of sp³-hybridized carbons (Fsp3) is 0.333. The summed E-state index contributed by atoms with van der Waals surface area (Å²) >= 11 is 12.4. The molecule has 1 aliphatic carbocycles. The van der Waals surface area contributed by atoms with Crippen molar-refractivity contribution in [3.63, 3.8) is 0 Å². The molecular weight excluding hydrogens is 301 g/mol. The van der Waals surface area contributed by atoms with E-state index in [2.05, 4.69) is 43.4 Å². The number of hydrogen-bond donors (Lipinski definition) is 1. The molecule has 3 rings (SSSR count). The first-order chi connectivity index (χ1) is 9.99. The molecule has 0 saturated carbocycles. The lowest BCUT2D eigenvalue weighted by Gasteiger charge is -2.37. The zero-order chi connectivity index (χ0) is 15.0. The zero-order valence-electron chi connectivity index (χ0n) is 12.3. The molecule has 0 heterocycles. The predicted molar refractivity (Wildman–Crippen MR) is 91.5 cm³/mol. The summed E-state index contributed by atoms with van der Waals surface area (Å²) in [5.74, 6) is 0. The van der Waals surface area contributed by atoms with E-state index in [4.69, 9.17) is 23.2 Å². The van der Waals surface area contributed by atoms with Crippen LogP contribution in [0.4, 0.5) is 5.69 Å². The Hall–Kier alpha value is -1.18. The van der Waals surface area contributed by atoms with Gasteiger partial charge in [-0.05, 0) is 41.5 Å². The van der Waals surface area contributed by atoms with Gasteiger partial charge in [-0.25, -0.2) is 0 Å². The molecule has 2 aromatic carbocycles. The highest BCUT2D eigenvalue weighted by Crippen LogP contribution is 2.43. The standard InChI is InChI=1S/C18H19Cl2N/c1-18(2)11-10-15(12-6-3-4-7-13(12)18)21-16-9-5-8-14(19)17(16)20/h3-9,15,21H,10-11H2,1-2H3. The minimum absolute atomic E-state index is 0.229. The summed E-state index contributed by atoms with van der Waals surface area (Å²) in [4.78, 5) is 0. The normalized spacial score (nSPS) is 19.9. The molecule has 0 aromatic heterocycles. The number of anilines is 1. The molecule has 3 heteroatoms. The summed E-state index contributed by atoms with van der Waals surface area (Å²) in [6.45, 7) is 4.63. The maximum Gasteiger partial charge on any atom is 0.0823 e. The first-order valence-electron chi connectivity index (χ1n) is 7.29. The molecule has 21 heavy (non-hydrogen) atoms. The van der Waals surface area contributed by atoms with E-state index >= 15 is 0 Å². The molecule has 1 atom stereocenters. The van der Waals surface area contributed by atoms with E-state index < -0.39 is 0 Å². The first kappa shape index (κ1) is 14.7. The summed E-state index contributed by atoms with van der Waals surface area (Å²) in [5, 5.41) is 4.76. The number of rotatable bonds is 2. The van der Waals surface area contributed by atoms with Crippen LogP contribution in [0.1, 0.15) is 43.9 Å². The van der Waals surface area contributed by atoms with Crippen LogP contribution in [0.5, 0.6) is 0 Å². The molecule has 0 amide bonds. The van der Waals surface area contributed by atoms with Crippen LogP contribution in [-0.4, -0.2) is 0 Å². The molecule has 0 aliphatic heterocycles. The Kier molecular flexibility index (Phi) is 3.90. The van der Waals surface area contributed by atoms with E-state index in [1.165, 1.54) is 11.1 Å². The highest BCUT2D eigenvalue weighted by molar-refractivity contribution is 6.43. The Labute approximate surface area is 136 Å². The summed E-state index contributed by atoms with van der Waals surface area (Å²) in [7, 11) is 0. The predicted octanol–water partition coefficient (Wildman–Crippen LogP) is 6.22. The van der Waals surface area contributed by atoms with Crippen LogP contribution in [0.15, 0.2) is 42.5 Å². The molecule has 0 fully saturated rings. The van der Waals surface area contributed by atoms with Gasteiger partial charge in [0.05, 0.1) is 21.8 Å². The number of benzene rings is 2. The first-order valence-corrected chi connectivity index (χ1v) is 8.04. The fourth-order valence-electron chi connectivity index (χ4n) is 3.17. The van der Waals surface area contributed by atoms with Crippen molar-refractivity contribution in [2.45, 2.75) is 38.1 Å². The summed E-state index contributed by atoms with van der Waals surface area (Å²) < 4.78 is 0. The maximum absolute atomic E-state index is 6.30. The van der Waals surface area contributed by atoms with Crippen molar-refractivity contribution in [3.8, 4) is 0 Å². The molecule has 110 valence electrons. The van der Waals surface area contributed by atoms with E-state index in [0.717, 1.165) is 18.5 Å². The van der Waals surface area contributed by atoms with E-state index in [1.807, 2.05) is 18.2 Å². The van der Waals surface area contributed by atoms with Crippen LogP contribution in [0.2, 0.25) is 10.0 Å². The Bertz CT molecular complexity index is 664. The van der Waals surface area contributed by atoms with E-state index in [1.54, 1.807) is 0 Å². The number of halogens is 2. The van der Waals surface area contributed by atoms with Gasteiger partial charge in [0.25, 0.3) is 0 Å². The monoisotopic (exact) mass is 319 g/mol. The highest BCUT2D eigenvalue weighted by Gasteiger charge is 2.32. The molecule has 0 spiro atoms. The lowest BCUT2D eigenvalue weighted by Crippen LogP contribution is -2.29. The van der Waals surface area contributed by atoms with Crippen molar-refractivity contribution < 1.29 is 0 Å². The average Bonchev–Trinajstić information content (AvgIpc) is 2.47. The van der Waals surface area contributed by atoms with Gasteiger partial charge < -0.3 is 5.32 Å². The topological polar surface area (TPSA) is 12.0 Å². The van der Waals surface area contributed by atoms with Gasteiger partial charge in [0.1, 0.15) is 0 Å². The van der Waals surface area contributed by atoms with Crippen LogP contribution in [0, 0.1) is 0 Å². The molecule has 1 aliphatic rings. The van der Waals surface area contributed by atoms with Gasteiger partial charge in [-0.15, -0.1) is 0 Å². The van der Waals surface area contributed by atoms with Gasteiger partial charge in [0, 0.05) is 0 Å². The van der Waals surface area contributed by atoms with Gasteiger partial charge >= 0.3 is 0 Å². The van der Waals surface area contributed by atoms with Crippen LogP contribution in [-0.2, 0) is 5.41 Å². The average molecular weight is 320 g/mol. The number of nitrogens with one attached hydrogen (secondary N) is 1. The van der Waals surface area contributed by atoms with E-state index in [9.17, 15) is 0 Å². The largest absolute Gasteiger partial charge is 0.377 e. The second-order valence-corrected chi connectivity index (χ2v) is 7.09. The molecule has 1 nitrogen and oxygen atoms in total. The van der Waals surface area contributed by atoms with Gasteiger partial charge in [0.2, 0.25) is 0 Å². The van der Waals surface area contributed by atoms with Gasteiger partial charge in [-0.1, -0.05) is 67.4 Å². The maximum atomic E-state index is 6.30.